The molecule has 2 rings (SSSR count). The van der Waals surface area contributed by atoms with Crippen LogP contribution < -0.4 is 10.1 Å². The first-order valence-electron chi connectivity index (χ1n) is 5.95. The van der Waals surface area contributed by atoms with E-state index in [-0.39, 0.29) is 5.91 Å². The van der Waals surface area contributed by atoms with Gasteiger partial charge in [0.2, 0.25) is 0 Å². The van der Waals surface area contributed by atoms with Gasteiger partial charge in [-0.15, -0.1) is 0 Å². The molecule has 0 aromatic heterocycles. The van der Waals surface area contributed by atoms with Gasteiger partial charge in [-0.1, -0.05) is 0 Å². The molecule has 1 amide bonds. The molecule has 0 radical (unpaired) electrons. The number of hydrogen-bond acceptors (Lipinski definition) is 3. The van der Waals surface area contributed by atoms with Gasteiger partial charge in [-0.3, -0.25) is 4.79 Å². The number of carbonyl (C=O) groups excluding carboxylic acids is 1. The highest BCUT2D eigenvalue weighted by molar-refractivity contribution is 14.1. The number of likely N-dealkylation sites (N-methyl/N-ethyl adjacent to an activating group) is 1. The van der Waals surface area contributed by atoms with Gasteiger partial charge < -0.3 is 15.0 Å². The van der Waals surface area contributed by atoms with Crippen LogP contribution in [0.3, 0.4) is 0 Å². The second-order valence-electron chi connectivity index (χ2n) is 4.41. The van der Waals surface area contributed by atoms with Crippen LogP contribution in [0, 0.1) is 3.57 Å². The Morgan fingerprint density at radius 2 is 2.33 bits per heavy atom. The molecule has 1 unspecified atom stereocenters. The predicted molar refractivity (Wildman–Crippen MR) is 79.1 cm³/mol. The summed E-state index contributed by atoms with van der Waals surface area (Å²) in [6, 6.07) is 5.85. The summed E-state index contributed by atoms with van der Waals surface area (Å²) in [4.78, 5) is 14.2. The van der Waals surface area contributed by atoms with Crippen LogP contribution in [-0.4, -0.2) is 44.1 Å². The Morgan fingerprint density at radius 1 is 1.56 bits per heavy atom. The lowest BCUT2D eigenvalue weighted by Crippen LogP contribution is -2.38. The third-order valence-corrected chi connectivity index (χ3v) is 4.20. The topological polar surface area (TPSA) is 41.6 Å². The van der Waals surface area contributed by atoms with Gasteiger partial charge in [0.1, 0.15) is 5.75 Å². The molecular weight excluding hydrogens is 343 g/mol. The van der Waals surface area contributed by atoms with Crippen molar-refractivity contribution in [3.63, 3.8) is 0 Å². The van der Waals surface area contributed by atoms with E-state index in [1.165, 1.54) is 0 Å². The highest BCUT2D eigenvalue weighted by Crippen LogP contribution is 2.21. The van der Waals surface area contributed by atoms with Crippen LogP contribution in [0.15, 0.2) is 18.2 Å². The van der Waals surface area contributed by atoms with Crippen molar-refractivity contribution in [1.82, 2.24) is 10.2 Å². The van der Waals surface area contributed by atoms with Crippen molar-refractivity contribution in [2.45, 2.75) is 12.5 Å². The van der Waals surface area contributed by atoms with Crippen molar-refractivity contribution < 1.29 is 9.53 Å². The average Bonchev–Trinajstić information content (AvgIpc) is 2.90. The quantitative estimate of drug-likeness (QED) is 0.835. The molecule has 0 bridgehead atoms. The molecule has 98 valence electrons. The molecule has 1 fully saturated rings. The van der Waals surface area contributed by atoms with Gasteiger partial charge in [0.25, 0.3) is 5.91 Å². The van der Waals surface area contributed by atoms with Crippen LogP contribution in [0.25, 0.3) is 0 Å². The Morgan fingerprint density at radius 3 is 2.89 bits per heavy atom. The molecule has 0 spiro atoms. The summed E-state index contributed by atoms with van der Waals surface area (Å²) in [5.41, 5.74) is 0.741. The van der Waals surface area contributed by atoms with E-state index in [0.717, 1.165) is 34.4 Å². The Labute approximate surface area is 121 Å². The minimum Gasteiger partial charge on any atom is -0.497 e. The lowest BCUT2D eigenvalue weighted by atomic mass is 10.1. The molecule has 1 heterocycles. The molecule has 1 atom stereocenters. The maximum atomic E-state index is 12.4. The summed E-state index contributed by atoms with van der Waals surface area (Å²) in [6.45, 7) is 1.87. The maximum Gasteiger partial charge on any atom is 0.254 e. The van der Waals surface area contributed by atoms with Crippen LogP contribution >= 0.6 is 22.6 Å². The molecule has 1 saturated heterocycles. The third kappa shape index (κ3) is 2.77. The molecule has 18 heavy (non-hydrogen) atoms. The second-order valence-corrected chi connectivity index (χ2v) is 5.57. The van der Waals surface area contributed by atoms with E-state index >= 15 is 0 Å². The summed E-state index contributed by atoms with van der Waals surface area (Å²) < 4.78 is 6.08. The summed E-state index contributed by atoms with van der Waals surface area (Å²) in [5, 5.41) is 3.28. The summed E-state index contributed by atoms with van der Waals surface area (Å²) in [7, 11) is 3.50. The molecule has 1 aliphatic rings. The van der Waals surface area contributed by atoms with Gasteiger partial charge >= 0.3 is 0 Å². The first-order valence-corrected chi connectivity index (χ1v) is 7.02. The highest BCUT2D eigenvalue weighted by Gasteiger charge is 2.25. The first-order chi connectivity index (χ1) is 8.63. The molecule has 1 aliphatic heterocycles. The van der Waals surface area contributed by atoms with Crippen molar-refractivity contribution in [3.8, 4) is 5.75 Å². The number of hydrogen-bond donors (Lipinski definition) is 1. The highest BCUT2D eigenvalue weighted by atomic mass is 127. The third-order valence-electron chi connectivity index (χ3n) is 3.31. The fraction of sp³-hybridized carbons (Fsp3) is 0.462. The van der Waals surface area contributed by atoms with Crippen LogP contribution in [0.5, 0.6) is 5.75 Å². The van der Waals surface area contributed by atoms with Crippen molar-refractivity contribution in [2.75, 3.05) is 27.2 Å². The Bertz CT molecular complexity index is 445. The Hall–Kier alpha value is -0.820. The van der Waals surface area contributed by atoms with Gasteiger partial charge in [0.05, 0.1) is 12.7 Å². The number of methoxy groups -OCH3 is 1. The van der Waals surface area contributed by atoms with Crippen LogP contribution in [0.4, 0.5) is 0 Å². The van der Waals surface area contributed by atoms with Crippen molar-refractivity contribution >= 4 is 28.5 Å². The monoisotopic (exact) mass is 360 g/mol. The fourth-order valence-electron chi connectivity index (χ4n) is 2.12. The molecule has 1 N–H and O–H groups in total. The maximum absolute atomic E-state index is 12.4. The van der Waals surface area contributed by atoms with E-state index in [2.05, 4.69) is 27.9 Å². The van der Waals surface area contributed by atoms with Crippen LogP contribution in [0.2, 0.25) is 0 Å². The largest absolute Gasteiger partial charge is 0.497 e. The summed E-state index contributed by atoms with van der Waals surface area (Å²) in [6.07, 6.45) is 1.02. The van der Waals surface area contributed by atoms with E-state index in [1.54, 1.807) is 7.11 Å². The lowest BCUT2D eigenvalue weighted by molar-refractivity contribution is 0.0742. The molecule has 0 saturated carbocycles. The lowest BCUT2D eigenvalue weighted by Gasteiger charge is -2.24. The zero-order valence-electron chi connectivity index (χ0n) is 10.6. The number of amides is 1. The Balaban J connectivity index is 2.17. The standard InChI is InChI=1S/C13H17IN2O2/c1-16(9-5-6-15-8-9)13(17)11-4-3-10(18-2)7-12(11)14/h3-4,7,9,15H,5-6,8H2,1-2H3. The predicted octanol–water partition coefficient (Wildman–Crippen LogP) is 1.73. The number of ether oxygens (including phenoxy) is 1. The molecule has 4 nitrogen and oxygen atoms in total. The molecule has 1 aromatic rings. The summed E-state index contributed by atoms with van der Waals surface area (Å²) in [5.74, 6) is 0.858. The van der Waals surface area contributed by atoms with Gasteiger partial charge in [-0.05, 0) is 53.8 Å². The van der Waals surface area contributed by atoms with Gasteiger partial charge in [0.15, 0.2) is 0 Å². The average molecular weight is 360 g/mol. The van der Waals surface area contributed by atoms with Gasteiger partial charge in [-0.2, -0.15) is 0 Å². The van der Waals surface area contributed by atoms with E-state index in [4.69, 9.17) is 4.74 Å². The SMILES string of the molecule is COc1ccc(C(=O)N(C)C2CCNC2)c(I)c1. The van der Waals surface area contributed by atoms with E-state index in [0.29, 0.717) is 6.04 Å². The zero-order chi connectivity index (χ0) is 13.1. The molecule has 0 aliphatic carbocycles. The first kappa shape index (κ1) is 13.6. The normalized spacial score (nSPS) is 18.7. The number of nitrogens with one attached hydrogen (secondary N) is 1. The van der Waals surface area contributed by atoms with E-state index in [1.807, 2.05) is 30.1 Å². The van der Waals surface area contributed by atoms with Gasteiger partial charge in [-0.25, -0.2) is 0 Å². The molecule has 1 aromatic carbocycles. The van der Waals surface area contributed by atoms with Crippen LogP contribution in [-0.2, 0) is 0 Å². The number of carbonyl (C=O) groups is 1. The second kappa shape index (κ2) is 5.88. The summed E-state index contributed by atoms with van der Waals surface area (Å²) >= 11 is 2.18. The number of benzene rings is 1. The van der Waals surface area contributed by atoms with Crippen molar-refractivity contribution in [1.29, 1.82) is 0 Å². The van der Waals surface area contributed by atoms with E-state index in [9.17, 15) is 4.79 Å². The molecular formula is C13H17IN2O2. The minimum absolute atomic E-state index is 0.0794. The van der Waals surface area contributed by atoms with Crippen molar-refractivity contribution in [3.05, 3.63) is 27.3 Å². The number of nitrogens with zero attached hydrogens (tertiary/aromatic N) is 1. The number of halogens is 1. The zero-order valence-corrected chi connectivity index (χ0v) is 12.7. The van der Waals surface area contributed by atoms with Crippen LogP contribution in [0.1, 0.15) is 16.8 Å². The van der Waals surface area contributed by atoms with Gasteiger partial charge in [0, 0.05) is 23.2 Å². The fourth-order valence-corrected chi connectivity index (χ4v) is 2.84. The Kier molecular flexibility index (Phi) is 4.45. The smallest absolute Gasteiger partial charge is 0.254 e. The minimum atomic E-state index is 0.0794. The molecule has 5 heteroatoms. The van der Waals surface area contributed by atoms with E-state index < -0.39 is 0 Å². The van der Waals surface area contributed by atoms with Crippen molar-refractivity contribution in [2.24, 2.45) is 0 Å². The number of rotatable bonds is 3.